The van der Waals surface area contributed by atoms with Gasteiger partial charge in [0.05, 0.1) is 17.3 Å². The molecule has 0 fully saturated rings. The van der Waals surface area contributed by atoms with Gasteiger partial charge in [0.2, 0.25) is 0 Å². The van der Waals surface area contributed by atoms with E-state index in [1.807, 2.05) is 0 Å². The first-order valence-electron chi connectivity index (χ1n) is 7.62. The maximum Gasteiger partial charge on any atom is 0.407 e. The van der Waals surface area contributed by atoms with Crippen LogP contribution in [0, 0.1) is 5.82 Å². The molecule has 0 aliphatic rings. The van der Waals surface area contributed by atoms with Crippen molar-refractivity contribution in [2.45, 2.75) is 16.5 Å². The Morgan fingerprint density at radius 1 is 1.33 bits per heavy atom. The number of carbonyl (C=O) groups is 1. The molecule has 0 atom stereocenters. The Labute approximate surface area is 168 Å². The smallest absolute Gasteiger partial charge is 0.407 e. The van der Waals surface area contributed by atoms with E-state index in [1.165, 1.54) is 29.6 Å². The summed E-state index contributed by atoms with van der Waals surface area (Å²) >= 11 is 13.0. The number of nitrogens with zero attached hydrogens (tertiary/aromatic N) is 4. The zero-order chi connectivity index (χ0) is 19.6. The minimum atomic E-state index is -1.09. The third-order valence-corrected chi connectivity index (χ3v) is 5.03. The number of rotatable bonds is 5. The summed E-state index contributed by atoms with van der Waals surface area (Å²) in [5.41, 5.74) is 0.625. The van der Waals surface area contributed by atoms with E-state index < -0.39 is 11.9 Å². The standard InChI is InChI=1S/C17H13Cl2FN4O2S/c1-23(17(25)26)9-10-7-15(27-11-5-6-14(19)21-8-11)24(22-10)13-4-2-3-12(18)16(13)20/h2-8H,9H2,1H3,(H,25,26). The molecule has 1 amide bonds. The normalized spacial score (nSPS) is 10.8. The summed E-state index contributed by atoms with van der Waals surface area (Å²) in [4.78, 5) is 16.9. The van der Waals surface area contributed by atoms with E-state index in [-0.39, 0.29) is 17.3 Å². The number of pyridine rings is 1. The van der Waals surface area contributed by atoms with Crippen LogP contribution in [-0.2, 0) is 6.54 Å². The fourth-order valence-corrected chi connectivity index (χ4v) is 3.43. The Balaban J connectivity index is 2.03. The van der Waals surface area contributed by atoms with Gasteiger partial charge in [-0.2, -0.15) is 5.10 Å². The Morgan fingerprint density at radius 2 is 2.11 bits per heavy atom. The van der Waals surface area contributed by atoms with Crippen LogP contribution >= 0.6 is 35.0 Å². The van der Waals surface area contributed by atoms with Gasteiger partial charge in [0.15, 0.2) is 5.82 Å². The summed E-state index contributed by atoms with van der Waals surface area (Å²) in [6.07, 6.45) is 0.497. The molecule has 10 heteroatoms. The predicted octanol–water partition coefficient (Wildman–Crippen LogP) is 4.97. The second-order valence-electron chi connectivity index (χ2n) is 5.52. The van der Waals surface area contributed by atoms with Crippen molar-refractivity contribution in [2.75, 3.05) is 7.05 Å². The number of benzene rings is 1. The highest BCUT2D eigenvalue weighted by atomic mass is 35.5. The molecule has 6 nitrogen and oxygen atoms in total. The van der Waals surface area contributed by atoms with Gasteiger partial charge < -0.3 is 10.0 Å². The summed E-state index contributed by atoms with van der Waals surface area (Å²) in [7, 11) is 1.43. The summed E-state index contributed by atoms with van der Waals surface area (Å²) in [5.74, 6) is -0.614. The molecule has 1 aromatic carbocycles. The molecule has 0 spiro atoms. The van der Waals surface area contributed by atoms with Crippen LogP contribution in [-0.4, -0.2) is 37.9 Å². The molecule has 0 aliphatic carbocycles. The van der Waals surface area contributed by atoms with Gasteiger partial charge >= 0.3 is 6.09 Å². The van der Waals surface area contributed by atoms with E-state index in [2.05, 4.69) is 10.1 Å². The van der Waals surface area contributed by atoms with E-state index in [4.69, 9.17) is 28.3 Å². The fourth-order valence-electron chi connectivity index (χ4n) is 2.24. The van der Waals surface area contributed by atoms with Gasteiger partial charge in [-0.05, 0) is 30.3 Å². The van der Waals surface area contributed by atoms with E-state index in [0.717, 1.165) is 9.80 Å². The van der Waals surface area contributed by atoms with Gasteiger partial charge in [-0.1, -0.05) is 41.0 Å². The fraction of sp³-hybridized carbons (Fsp3) is 0.118. The van der Waals surface area contributed by atoms with Crippen LogP contribution in [0.4, 0.5) is 9.18 Å². The molecule has 0 saturated carbocycles. The average Bonchev–Trinajstić information content (AvgIpc) is 3.01. The lowest BCUT2D eigenvalue weighted by Gasteiger charge is -2.10. The number of carboxylic acid groups (broad SMARTS) is 1. The number of hydrogen-bond acceptors (Lipinski definition) is 4. The highest BCUT2D eigenvalue weighted by molar-refractivity contribution is 7.99. The molecule has 27 heavy (non-hydrogen) atoms. The van der Waals surface area contributed by atoms with Crippen molar-refractivity contribution in [1.29, 1.82) is 0 Å². The third kappa shape index (κ3) is 4.52. The SMILES string of the molecule is CN(Cc1cc(Sc2ccc(Cl)nc2)n(-c2cccc(Cl)c2F)n1)C(=O)O. The Bertz CT molecular complexity index is 982. The highest BCUT2D eigenvalue weighted by Gasteiger charge is 2.18. The molecule has 1 N–H and O–H groups in total. The quantitative estimate of drug-likeness (QED) is 0.582. The first-order valence-corrected chi connectivity index (χ1v) is 9.19. The number of halogens is 3. The van der Waals surface area contributed by atoms with Gasteiger partial charge in [0.1, 0.15) is 15.9 Å². The molecule has 0 unspecified atom stereocenters. The topological polar surface area (TPSA) is 71.2 Å². The van der Waals surface area contributed by atoms with Crippen LogP contribution < -0.4 is 0 Å². The largest absolute Gasteiger partial charge is 0.465 e. The summed E-state index contributed by atoms with van der Waals surface area (Å²) in [5, 5.41) is 14.3. The number of amides is 1. The van der Waals surface area contributed by atoms with Crippen molar-refractivity contribution in [3.63, 3.8) is 0 Å². The summed E-state index contributed by atoms with van der Waals surface area (Å²) in [6, 6.07) is 9.71. The number of aromatic nitrogens is 3. The van der Waals surface area contributed by atoms with E-state index >= 15 is 0 Å². The van der Waals surface area contributed by atoms with Crippen molar-refractivity contribution >= 4 is 41.1 Å². The van der Waals surface area contributed by atoms with Gasteiger partial charge in [-0.3, -0.25) is 0 Å². The van der Waals surface area contributed by atoms with Crippen molar-refractivity contribution in [1.82, 2.24) is 19.7 Å². The van der Waals surface area contributed by atoms with Crippen molar-refractivity contribution < 1.29 is 14.3 Å². The van der Waals surface area contributed by atoms with E-state index in [9.17, 15) is 9.18 Å². The van der Waals surface area contributed by atoms with Gasteiger partial charge in [0.25, 0.3) is 0 Å². The van der Waals surface area contributed by atoms with E-state index in [0.29, 0.717) is 15.9 Å². The maximum absolute atomic E-state index is 14.5. The lowest BCUT2D eigenvalue weighted by molar-refractivity contribution is 0.153. The van der Waals surface area contributed by atoms with Gasteiger partial charge in [-0.25, -0.2) is 18.9 Å². The minimum absolute atomic E-state index is 0.0312. The second kappa shape index (κ2) is 8.16. The molecule has 140 valence electrons. The van der Waals surface area contributed by atoms with Crippen LogP contribution in [0.2, 0.25) is 10.2 Å². The second-order valence-corrected chi connectivity index (χ2v) is 7.40. The van der Waals surface area contributed by atoms with Crippen LogP contribution in [0.3, 0.4) is 0 Å². The molecule has 0 aliphatic heterocycles. The zero-order valence-corrected chi connectivity index (χ0v) is 16.3. The van der Waals surface area contributed by atoms with Crippen LogP contribution in [0.25, 0.3) is 5.69 Å². The molecular weight excluding hydrogens is 414 g/mol. The Kier molecular flexibility index (Phi) is 5.88. The molecular formula is C17H13Cl2FN4O2S. The monoisotopic (exact) mass is 426 g/mol. The molecule has 2 aromatic heterocycles. The van der Waals surface area contributed by atoms with Gasteiger partial charge in [-0.15, -0.1) is 0 Å². The summed E-state index contributed by atoms with van der Waals surface area (Å²) < 4.78 is 15.9. The van der Waals surface area contributed by atoms with Crippen LogP contribution in [0.5, 0.6) is 0 Å². The van der Waals surface area contributed by atoms with Crippen LogP contribution in [0.15, 0.2) is 52.5 Å². The minimum Gasteiger partial charge on any atom is -0.465 e. The average molecular weight is 427 g/mol. The first kappa shape index (κ1) is 19.5. The lowest BCUT2D eigenvalue weighted by Crippen LogP contribution is -2.24. The molecule has 3 rings (SSSR count). The van der Waals surface area contributed by atoms with Gasteiger partial charge in [0, 0.05) is 18.1 Å². The maximum atomic E-state index is 14.5. The van der Waals surface area contributed by atoms with E-state index in [1.54, 1.807) is 36.5 Å². The summed E-state index contributed by atoms with van der Waals surface area (Å²) in [6.45, 7) is 0.0525. The lowest BCUT2D eigenvalue weighted by atomic mass is 10.3. The van der Waals surface area contributed by atoms with Crippen molar-refractivity contribution in [3.05, 3.63) is 64.3 Å². The predicted molar refractivity (Wildman–Crippen MR) is 101 cm³/mol. The Hall–Kier alpha value is -2.29. The first-order chi connectivity index (χ1) is 12.8. The van der Waals surface area contributed by atoms with Crippen molar-refractivity contribution in [3.8, 4) is 5.69 Å². The van der Waals surface area contributed by atoms with Crippen molar-refractivity contribution in [2.24, 2.45) is 0 Å². The molecule has 0 radical (unpaired) electrons. The molecule has 3 aromatic rings. The molecule has 2 heterocycles. The van der Waals surface area contributed by atoms with Crippen LogP contribution in [0.1, 0.15) is 5.69 Å². The number of hydrogen-bond donors (Lipinski definition) is 1. The highest BCUT2D eigenvalue weighted by Crippen LogP contribution is 2.32. The zero-order valence-electron chi connectivity index (χ0n) is 13.9. The third-order valence-electron chi connectivity index (χ3n) is 3.54. The Morgan fingerprint density at radius 3 is 2.78 bits per heavy atom. The molecule has 0 bridgehead atoms. The molecule has 0 saturated heterocycles.